The van der Waals surface area contributed by atoms with Gasteiger partial charge in [-0.05, 0) is 25.1 Å². The summed E-state index contributed by atoms with van der Waals surface area (Å²) in [6, 6.07) is 12.2. The molecule has 0 unspecified atom stereocenters. The normalized spacial score (nSPS) is 11.6. The van der Waals surface area contributed by atoms with Crippen molar-refractivity contribution in [1.29, 1.82) is 0 Å². The molecule has 0 spiro atoms. The quantitative estimate of drug-likeness (QED) is 0.707. The highest BCUT2D eigenvalue weighted by atomic mass is 32.2. The number of benzene rings is 2. The van der Waals surface area contributed by atoms with E-state index in [9.17, 15) is 13.2 Å². The summed E-state index contributed by atoms with van der Waals surface area (Å²) in [6.07, 6.45) is 1.18. The number of rotatable bonds is 5. The number of hydrogen-bond donors (Lipinski definition) is 1. The third kappa shape index (κ3) is 3.63. The van der Waals surface area contributed by atoms with Crippen LogP contribution >= 0.6 is 11.3 Å². The van der Waals surface area contributed by atoms with E-state index in [2.05, 4.69) is 10.3 Å². The SMILES string of the molecule is Cc1ccc(C(=O)CNc2nc3ccc(S(C)(=O)=O)cc3s2)cc1. The Bertz CT molecular complexity index is 1010. The van der Waals surface area contributed by atoms with Gasteiger partial charge in [0.2, 0.25) is 0 Å². The molecule has 0 radical (unpaired) electrons. The topological polar surface area (TPSA) is 76.1 Å². The molecule has 5 nitrogen and oxygen atoms in total. The van der Waals surface area contributed by atoms with Crippen molar-refractivity contribution in [3.05, 3.63) is 53.6 Å². The Labute approximate surface area is 144 Å². The maximum atomic E-state index is 12.2. The van der Waals surface area contributed by atoms with Gasteiger partial charge in [0, 0.05) is 11.8 Å². The van der Waals surface area contributed by atoms with Crippen LogP contribution in [0.4, 0.5) is 5.13 Å². The fourth-order valence-electron chi connectivity index (χ4n) is 2.21. The molecule has 7 heteroatoms. The van der Waals surface area contributed by atoms with E-state index < -0.39 is 9.84 Å². The van der Waals surface area contributed by atoms with Crippen LogP contribution in [0.5, 0.6) is 0 Å². The standard InChI is InChI=1S/C17H16N2O3S2/c1-11-3-5-12(6-4-11)15(20)10-18-17-19-14-8-7-13(24(2,21)22)9-16(14)23-17/h3-9H,10H2,1-2H3,(H,18,19). The summed E-state index contributed by atoms with van der Waals surface area (Å²) in [4.78, 5) is 16.8. The number of Topliss-reactive ketones (excluding diaryl/α,β-unsaturated/α-hetero) is 1. The molecule has 1 aromatic heterocycles. The Kier molecular flexibility index (Phi) is 4.38. The molecule has 0 aliphatic rings. The predicted molar refractivity (Wildman–Crippen MR) is 96.7 cm³/mol. The second-order valence-corrected chi connectivity index (χ2v) is 8.61. The molecule has 124 valence electrons. The molecular formula is C17H16N2O3S2. The number of anilines is 1. The van der Waals surface area contributed by atoms with E-state index in [0.29, 0.717) is 16.2 Å². The molecule has 24 heavy (non-hydrogen) atoms. The summed E-state index contributed by atoms with van der Waals surface area (Å²) in [5, 5.41) is 3.61. The van der Waals surface area contributed by atoms with Crippen LogP contribution < -0.4 is 5.32 Å². The fraction of sp³-hybridized carbons (Fsp3) is 0.176. The first-order valence-corrected chi connectivity index (χ1v) is 9.98. The van der Waals surface area contributed by atoms with Gasteiger partial charge >= 0.3 is 0 Å². The van der Waals surface area contributed by atoms with Crippen LogP contribution in [0.2, 0.25) is 0 Å². The van der Waals surface area contributed by atoms with Crippen LogP contribution in [0.3, 0.4) is 0 Å². The van der Waals surface area contributed by atoms with Gasteiger partial charge in [-0.1, -0.05) is 41.2 Å². The summed E-state index contributed by atoms with van der Waals surface area (Å²) < 4.78 is 24.0. The number of ketones is 1. The Morgan fingerprint density at radius 1 is 1.17 bits per heavy atom. The third-order valence-electron chi connectivity index (χ3n) is 3.56. The first-order valence-electron chi connectivity index (χ1n) is 7.27. The van der Waals surface area contributed by atoms with Crippen molar-refractivity contribution >= 4 is 42.3 Å². The van der Waals surface area contributed by atoms with E-state index in [1.165, 1.54) is 17.6 Å². The number of thiazole rings is 1. The predicted octanol–water partition coefficient (Wildman–Crippen LogP) is 3.30. The fourth-order valence-corrected chi connectivity index (χ4v) is 3.83. The van der Waals surface area contributed by atoms with Gasteiger partial charge in [-0.3, -0.25) is 4.79 Å². The number of nitrogens with zero attached hydrogens (tertiary/aromatic N) is 1. The summed E-state index contributed by atoms with van der Waals surface area (Å²) in [6.45, 7) is 2.11. The van der Waals surface area contributed by atoms with E-state index in [-0.39, 0.29) is 17.2 Å². The van der Waals surface area contributed by atoms with E-state index in [0.717, 1.165) is 10.3 Å². The maximum Gasteiger partial charge on any atom is 0.184 e. The lowest BCUT2D eigenvalue weighted by molar-refractivity contribution is 0.101. The minimum absolute atomic E-state index is 0.0221. The van der Waals surface area contributed by atoms with Gasteiger partial charge < -0.3 is 5.32 Å². The smallest absolute Gasteiger partial charge is 0.184 e. The summed E-state index contributed by atoms with van der Waals surface area (Å²) >= 11 is 1.33. The van der Waals surface area contributed by atoms with E-state index >= 15 is 0 Å². The first kappa shape index (κ1) is 16.6. The number of aryl methyl sites for hydroxylation is 1. The first-order chi connectivity index (χ1) is 11.3. The largest absolute Gasteiger partial charge is 0.354 e. The number of aromatic nitrogens is 1. The number of carbonyl (C=O) groups is 1. The lowest BCUT2D eigenvalue weighted by atomic mass is 10.1. The van der Waals surface area contributed by atoms with Crippen LogP contribution in [0, 0.1) is 6.92 Å². The second kappa shape index (κ2) is 6.33. The molecule has 1 heterocycles. The van der Waals surface area contributed by atoms with Crippen LogP contribution in [-0.4, -0.2) is 32.0 Å². The molecule has 0 saturated heterocycles. The average molecular weight is 360 g/mol. The molecule has 0 bridgehead atoms. The number of carbonyl (C=O) groups excluding carboxylic acids is 1. The molecule has 0 amide bonds. The van der Waals surface area contributed by atoms with Gasteiger partial charge in [0.25, 0.3) is 0 Å². The van der Waals surface area contributed by atoms with E-state index in [1.807, 2.05) is 19.1 Å². The van der Waals surface area contributed by atoms with Crippen LogP contribution in [0.1, 0.15) is 15.9 Å². The van der Waals surface area contributed by atoms with Gasteiger partial charge in [0.1, 0.15) is 0 Å². The molecule has 0 aliphatic heterocycles. The Hall–Kier alpha value is -2.25. The highest BCUT2D eigenvalue weighted by Crippen LogP contribution is 2.28. The van der Waals surface area contributed by atoms with E-state index in [4.69, 9.17) is 0 Å². The molecule has 2 aromatic carbocycles. The molecule has 1 N–H and O–H groups in total. The molecule has 0 saturated carbocycles. The highest BCUT2D eigenvalue weighted by Gasteiger charge is 2.12. The lowest BCUT2D eigenvalue weighted by Crippen LogP contribution is -2.13. The molecule has 0 aliphatic carbocycles. The number of hydrogen-bond acceptors (Lipinski definition) is 6. The van der Waals surface area contributed by atoms with Crippen molar-refractivity contribution in [3.63, 3.8) is 0 Å². The summed E-state index contributed by atoms with van der Waals surface area (Å²) in [5.74, 6) is -0.0221. The van der Waals surface area contributed by atoms with Gasteiger partial charge in [-0.25, -0.2) is 13.4 Å². The van der Waals surface area contributed by atoms with Crippen molar-refractivity contribution in [2.24, 2.45) is 0 Å². The minimum atomic E-state index is -3.25. The zero-order valence-electron chi connectivity index (χ0n) is 13.2. The number of sulfone groups is 1. The van der Waals surface area contributed by atoms with Crippen molar-refractivity contribution in [3.8, 4) is 0 Å². The zero-order valence-corrected chi connectivity index (χ0v) is 14.9. The van der Waals surface area contributed by atoms with Gasteiger partial charge in [0.05, 0.1) is 21.7 Å². The van der Waals surface area contributed by atoms with Crippen molar-refractivity contribution in [1.82, 2.24) is 4.98 Å². The van der Waals surface area contributed by atoms with Crippen LogP contribution in [0.25, 0.3) is 10.2 Å². The highest BCUT2D eigenvalue weighted by molar-refractivity contribution is 7.90. The maximum absolute atomic E-state index is 12.2. The Morgan fingerprint density at radius 2 is 1.88 bits per heavy atom. The monoisotopic (exact) mass is 360 g/mol. The van der Waals surface area contributed by atoms with Crippen LogP contribution in [0.15, 0.2) is 47.4 Å². The van der Waals surface area contributed by atoms with Crippen molar-refractivity contribution < 1.29 is 13.2 Å². The van der Waals surface area contributed by atoms with Crippen LogP contribution in [-0.2, 0) is 9.84 Å². The molecule has 3 rings (SSSR count). The molecule has 0 fully saturated rings. The third-order valence-corrected chi connectivity index (χ3v) is 5.65. The van der Waals surface area contributed by atoms with Crippen molar-refractivity contribution in [2.45, 2.75) is 11.8 Å². The number of fused-ring (bicyclic) bond motifs is 1. The lowest BCUT2D eigenvalue weighted by Gasteiger charge is -2.02. The van der Waals surface area contributed by atoms with Gasteiger partial charge in [-0.2, -0.15) is 0 Å². The summed E-state index contributed by atoms with van der Waals surface area (Å²) in [5.41, 5.74) is 2.46. The summed E-state index contributed by atoms with van der Waals surface area (Å²) in [7, 11) is -3.25. The molecule has 3 aromatic rings. The molecular weight excluding hydrogens is 344 g/mol. The minimum Gasteiger partial charge on any atom is -0.354 e. The zero-order chi connectivity index (χ0) is 17.3. The average Bonchev–Trinajstić information content (AvgIpc) is 2.94. The van der Waals surface area contributed by atoms with Gasteiger partial charge in [-0.15, -0.1) is 0 Å². The number of nitrogens with one attached hydrogen (secondary N) is 1. The molecule has 0 atom stereocenters. The van der Waals surface area contributed by atoms with Crippen molar-refractivity contribution in [2.75, 3.05) is 18.1 Å². The second-order valence-electron chi connectivity index (χ2n) is 5.56. The van der Waals surface area contributed by atoms with E-state index in [1.54, 1.807) is 30.3 Å². The van der Waals surface area contributed by atoms with Gasteiger partial charge in [0.15, 0.2) is 20.8 Å². The Balaban J connectivity index is 1.76. The Morgan fingerprint density at radius 3 is 2.54 bits per heavy atom.